The SMILES string of the molecule is Cc1cc(Nc2cc(N3CCCC(CN)C3)nc(Oc3ccc4[nH]c(C)cc4c3F)n2)n[nH]1. The van der Waals surface area contributed by atoms with Crippen molar-refractivity contribution < 1.29 is 9.13 Å². The topological polar surface area (TPSA) is 121 Å². The lowest BCUT2D eigenvalue weighted by Crippen LogP contribution is -2.38. The van der Waals surface area contributed by atoms with Gasteiger partial charge in [-0.2, -0.15) is 15.1 Å². The first-order valence-electron chi connectivity index (χ1n) is 11.1. The second-order valence-corrected chi connectivity index (χ2v) is 8.54. The average Bonchev–Trinajstić information content (AvgIpc) is 3.40. The van der Waals surface area contributed by atoms with E-state index in [1.54, 1.807) is 18.2 Å². The highest BCUT2D eigenvalue weighted by Crippen LogP contribution is 2.32. The Morgan fingerprint density at radius 2 is 2.06 bits per heavy atom. The van der Waals surface area contributed by atoms with Crippen LogP contribution in [0.15, 0.2) is 30.3 Å². The molecule has 0 spiro atoms. The second-order valence-electron chi connectivity index (χ2n) is 8.54. The predicted molar refractivity (Wildman–Crippen MR) is 126 cm³/mol. The van der Waals surface area contributed by atoms with Crippen LogP contribution in [0.4, 0.5) is 21.8 Å². The number of halogens is 1. The van der Waals surface area contributed by atoms with E-state index in [-0.39, 0.29) is 11.8 Å². The number of hydrogen-bond donors (Lipinski definition) is 4. The van der Waals surface area contributed by atoms with Gasteiger partial charge in [0, 0.05) is 47.5 Å². The number of anilines is 3. The molecule has 0 bridgehead atoms. The first-order valence-corrected chi connectivity index (χ1v) is 11.1. The number of aromatic amines is 2. The predicted octanol–water partition coefficient (Wildman–Crippen LogP) is 4.15. The van der Waals surface area contributed by atoms with Crippen LogP contribution in [-0.2, 0) is 0 Å². The third kappa shape index (κ3) is 4.47. The molecule has 4 aromatic rings. The fraction of sp³-hybridized carbons (Fsp3) is 0.348. The number of nitrogens with zero attached hydrogens (tertiary/aromatic N) is 4. The van der Waals surface area contributed by atoms with E-state index in [0.29, 0.717) is 40.8 Å². The third-order valence-electron chi connectivity index (χ3n) is 5.87. The molecule has 5 rings (SSSR count). The van der Waals surface area contributed by atoms with E-state index in [9.17, 15) is 0 Å². The van der Waals surface area contributed by atoms with Crippen LogP contribution in [0.5, 0.6) is 11.8 Å². The summed E-state index contributed by atoms with van der Waals surface area (Å²) in [6, 6.07) is 8.90. The van der Waals surface area contributed by atoms with Gasteiger partial charge in [-0.15, -0.1) is 0 Å². The highest BCUT2D eigenvalue weighted by atomic mass is 19.1. The maximum Gasteiger partial charge on any atom is 0.326 e. The molecule has 172 valence electrons. The number of nitrogens with two attached hydrogens (primary N) is 1. The van der Waals surface area contributed by atoms with Crippen LogP contribution in [0, 0.1) is 25.6 Å². The van der Waals surface area contributed by atoms with Gasteiger partial charge in [0.1, 0.15) is 11.6 Å². The maximum atomic E-state index is 15.1. The lowest BCUT2D eigenvalue weighted by Gasteiger charge is -2.33. The molecule has 33 heavy (non-hydrogen) atoms. The minimum Gasteiger partial charge on any atom is -0.421 e. The molecule has 0 saturated carbocycles. The largest absolute Gasteiger partial charge is 0.421 e. The molecule has 0 radical (unpaired) electrons. The third-order valence-corrected chi connectivity index (χ3v) is 5.87. The van der Waals surface area contributed by atoms with Crippen LogP contribution in [0.1, 0.15) is 24.2 Å². The summed E-state index contributed by atoms with van der Waals surface area (Å²) in [7, 11) is 0. The highest BCUT2D eigenvalue weighted by Gasteiger charge is 2.22. The van der Waals surface area contributed by atoms with E-state index in [1.807, 2.05) is 26.0 Å². The summed E-state index contributed by atoms with van der Waals surface area (Å²) < 4.78 is 21.0. The summed E-state index contributed by atoms with van der Waals surface area (Å²) in [5.74, 6) is 1.85. The Balaban J connectivity index is 1.50. The van der Waals surface area contributed by atoms with Gasteiger partial charge in [0.15, 0.2) is 17.4 Å². The fourth-order valence-electron chi connectivity index (χ4n) is 4.23. The summed E-state index contributed by atoms with van der Waals surface area (Å²) in [5, 5.41) is 10.8. The number of hydrogen-bond acceptors (Lipinski definition) is 7. The van der Waals surface area contributed by atoms with Crippen LogP contribution in [-0.4, -0.2) is 44.8 Å². The number of ether oxygens (including phenoxy) is 1. The number of benzene rings is 1. The summed E-state index contributed by atoms with van der Waals surface area (Å²) in [4.78, 5) is 14.4. The number of rotatable bonds is 6. The molecule has 1 fully saturated rings. The molecule has 10 heteroatoms. The molecule has 9 nitrogen and oxygen atoms in total. The van der Waals surface area contributed by atoms with Crippen molar-refractivity contribution in [2.24, 2.45) is 11.7 Å². The monoisotopic (exact) mass is 450 g/mol. The zero-order valence-corrected chi connectivity index (χ0v) is 18.7. The number of fused-ring (bicyclic) bond motifs is 1. The Hall–Kier alpha value is -3.66. The summed E-state index contributed by atoms with van der Waals surface area (Å²) >= 11 is 0. The van der Waals surface area contributed by atoms with E-state index >= 15 is 4.39 Å². The number of aryl methyl sites for hydroxylation is 2. The van der Waals surface area contributed by atoms with Crippen molar-refractivity contribution in [2.75, 3.05) is 29.9 Å². The van der Waals surface area contributed by atoms with Crippen LogP contribution in [0.25, 0.3) is 10.9 Å². The smallest absolute Gasteiger partial charge is 0.326 e. The van der Waals surface area contributed by atoms with Gasteiger partial charge >= 0.3 is 6.01 Å². The Morgan fingerprint density at radius 3 is 2.85 bits per heavy atom. The van der Waals surface area contributed by atoms with Crippen LogP contribution in [0.3, 0.4) is 0 Å². The molecule has 0 amide bonds. The Bertz CT molecular complexity index is 1280. The van der Waals surface area contributed by atoms with Crippen molar-refractivity contribution in [1.29, 1.82) is 0 Å². The van der Waals surface area contributed by atoms with Gasteiger partial charge in [0.25, 0.3) is 0 Å². The molecule has 3 aromatic heterocycles. The number of aromatic nitrogens is 5. The first-order chi connectivity index (χ1) is 16.0. The van der Waals surface area contributed by atoms with Crippen molar-refractivity contribution >= 4 is 28.4 Å². The fourth-order valence-corrected chi connectivity index (χ4v) is 4.23. The van der Waals surface area contributed by atoms with E-state index in [0.717, 1.165) is 37.3 Å². The first kappa shape index (κ1) is 21.2. The van der Waals surface area contributed by atoms with Crippen LogP contribution in [0.2, 0.25) is 0 Å². The lowest BCUT2D eigenvalue weighted by atomic mass is 9.98. The second kappa shape index (κ2) is 8.70. The number of H-pyrrole nitrogens is 2. The molecule has 1 aromatic carbocycles. The number of piperidine rings is 1. The van der Waals surface area contributed by atoms with E-state index < -0.39 is 5.82 Å². The zero-order chi connectivity index (χ0) is 22.9. The Morgan fingerprint density at radius 1 is 1.18 bits per heavy atom. The zero-order valence-electron chi connectivity index (χ0n) is 18.7. The van der Waals surface area contributed by atoms with E-state index in [1.165, 1.54) is 0 Å². The molecule has 1 aliphatic heterocycles. The summed E-state index contributed by atoms with van der Waals surface area (Å²) in [6.45, 7) is 6.09. The van der Waals surface area contributed by atoms with Gasteiger partial charge in [-0.1, -0.05) is 0 Å². The van der Waals surface area contributed by atoms with Gasteiger partial charge in [-0.3, -0.25) is 5.10 Å². The minimum absolute atomic E-state index is 0.0580. The maximum absolute atomic E-state index is 15.1. The van der Waals surface area contributed by atoms with Crippen molar-refractivity contribution in [3.63, 3.8) is 0 Å². The van der Waals surface area contributed by atoms with Crippen LogP contribution < -0.4 is 20.7 Å². The summed E-state index contributed by atoms with van der Waals surface area (Å²) in [6.07, 6.45) is 2.13. The molecular formula is C23H27FN8O. The van der Waals surface area contributed by atoms with Gasteiger partial charge in [-0.25, -0.2) is 4.39 Å². The minimum atomic E-state index is -0.454. The highest BCUT2D eigenvalue weighted by molar-refractivity contribution is 5.82. The van der Waals surface area contributed by atoms with Gasteiger partial charge in [0.2, 0.25) is 0 Å². The number of nitrogens with one attached hydrogen (secondary N) is 3. The molecule has 1 atom stereocenters. The lowest BCUT2D eigenvalue weighted by molar-refractivity contribution is 0.405. The molecular weight excluding hydrogens is 423 g/mol. The molecule has 1 unspecified atom stereocenters. The quantitative estimate of drug-likeness (QED) is 0.348. The van der Waals surface area contributed by atoms with Gasteiger partial charge in [-0.05, 0) is 57.4 Å². The molecule has 5 N–H and O–H groups in total. The normalized spacial score (nSPS) is 16.4. The van der Waals surface area contributed by atoms with Crippen LogP contribution >= 0.6 is 0 Å². The van der Waals surface area contributed by atoms with Gasteiger partial charge in [0.05, 0.1) is 0 Å². The van der Waals surface area contributed by atoms with Crippen molar-refractivity contribution in [1.82, 2.24) is 25.1 Å². The Labute approximate surface area is 190 Å². The van der Waals surface area contributed by atoms with Crippen molar-refractivity contribution in [3.05, 3.63) is 47.5 Å². The Kier molecular flexibility index (Phi) is 5.59. The van der Waals surface area contributed by atoms with E-state index in [4.69, 9.17) is 10.5 Å². The summed E-state index contributed by atoms with van der Waals surface area (Å²) in [5.41, 5.74) is 8.43. The average molecular weight is 451 g/mol. The van der Waals surface area contributed by atoms with Crippen molar-refractivity contribution in [2.45, 2.75) is 26.7 Å². The molecule has 1 saturated heterocycles. The van der Waals surface area contributed by atoms with E-state index in [2.05, 4.69) is 35.4 Å². The van der Waals surface area contributed by atoms with Gasteiger partial charge < -0.3 is 25.7 Å². The van der Waals surface area contributed by atoms with Crippen molar-refractivity contribution in [3.8, 4) is 11.8 Å². The molecule has 0 aliphatic carbocycles. The standard InChI is InChI=1S/C23H27FN8O/c1-13-8-16-17(26-13)5-6-18(22(16)24)33-23-28-19(27-20-9-14(2)30-31-20)10-21(29-23)32-7-3-4-15(11-25)12-32/h5-6,8-10,15,26H,3-4,7,11-12,25H2,1-2H3,(H2,27,28,29,30,31). The molecule has 1 aliphatic rings. The molecule has 4 heterocycles.